The lowest BCUT2D eigenvalue weighted by atomic mass is 10.1. The van der Waals surface area contributed by atoms with E-state index < -0.39 is 6.09 Å². The lowest BCUT2D eigenvalue weighted by molar-refractivity contribution is 0.194. The van der Waals surface area contributed by atoms with Crippen molar-refractivity contribution in [2.75, 3.05) is 12.3 Å². The van der Waals surface area contributed by atoms with Crippen molar-refractivity contribution in [3.63, 3.8) is 0 Å². The predicted octanol–water partition coefficient (Wildman–Crippen LogP) is 1.56. The molecule has 5 nitrogen and oxygen atoms in total. The van der Waals surface area contributed by atoms with Gasteiger partial charge in [0.05, 0.1) is 0 Å². The molecule has 2 rings (SSSR count). The van der Waals surface area contributed by atoms with Crippen LogP contribution in [0.3, 0.4) is 0 Å². The molecule has 0 bridgehead atoms. The average molecular weight is 219 g/mol. The zero-order chi connectivity index (χ0) is 11.5. The number of fused-ring (bicyclic) bond motifs is 1. The van der Waals surface area contributed by atoms with Gasteiger partial charge in [-0.05, 0) is 30.2 Å². The highest BCUT2D eigenvalue weighted by Crippen LogP contribution is 2.20. The number of aromatic amines is 1. The third-order valence-corrected chi connectivity index (χ3v) is 2.46. The van der Waals surface area contributed by atoms with Crippen molar-refractivity contribution in [1.82, 2.24) is 10.3 Å². The molecule has 1 heterocycles. The van der Waals surface area contributed by atoms with Gasteiger partial charge in [0.1, 0.15) is 0 Å². The second-order valence-electron chi connectivity index (χ2n) is 3.60. The summed E-state index contributed by atoms with van der Waals surface area (Å²) in [4.78, 5) is 13.4. The number of anilines is 1. The Morgan fingerprint density at radius 2 is 2.31 bits per heavy atom. The lowest BCUT2D eigenvalue weighted by Crippen LogP contribution is -2.23. The van der Waals surface area contributed by atoms with Crippen molar-refractivity contribution < 1.29 is 9.90 Å². The van der Waals surface area contributed by atoms with Crippen LogP contribution in [0.5, 0.6) is 0 Å². The molecule has 0 atom stereocenters. The van der Waals surface area contributed by atoms with Crippen molar-refractivity contribution in [3.05, 3.63) is 30.0 Å². The molecule has 1 aromatic carbocycles. The first-order valence-corrected chi connectivity index (χ1v) is 4.99. The highest BCUT2D eigenvalue weighted by molar-refractivity contribution is 5.86. The molecule has 0 aliphatic heterocycles. The molecule has 16 heavy (non-hydrogen) atoms. The Bertz CT molecular complexity index is 519. The molecule has 5 N–H and O–H groups in total. The molecule has 0 saturated carbocycles. The van der Waals surface area contributed by atoms with Crippen LogP contribution in [0, 0.1) is 0 Å². The van der Waals surface area contributed by atoms with Gasteiger partial charge in [-0.15, -0.1) is 0 Å². The van der Waals surface area contributed by atoms with Gasteiger partial charge in [0, 0.05) is 29.3 Å². The maximum Gasteiger partial charge on any atom is 0.404 e. The summed E-state index contributed by atoms with van der Waals surface area (Å²) in [5.41, 5.74) is 8.49. The fraction of sp³-hybridized carbons (Fsp3) is 0.182. The second kappa shape index (κ2) is 4.14. The maximum atomic E-state index is 10.3. The fourth-order valence-corrected chi connectivity index (χ4v) is 1.71. The summed E-state index contributed by atoms with van der Waals surface area (Å²) in [5.74, 6) is 0. The molecule has 84 valence electrons. The van der Waals surface area contributed by atoms with E-state index in [1.807, 2.05) is 24.4 Å². The van der Waals surface area contributed by atoms with Crippen molar-refractivity contribution >= 4 is 22.7 Å². The first-order chi connectivity index (χ1) is 7.66. The SMILES string of the molecule is Nc1ccc2[nH]cc(CCNC(=O)O)c2c1. The van der Waals surface area contributed by atoms with Gasteiger partial charge in [-0.25, -0.2) is 4.79 Å². The number of hydrogen-bond donors (Lipinski definition) is 4. The van der Waals surface area contributed by atoms with Crippen molar-refractivity contribution in [2.24, 2.45) is 0 Å². The predicted molar refractivity (Wildman–Crippen MR) is 62.4 cm³/mol. The van der Waals surface area contributed by atoms with E-state index in [2.05, 4.69) is 10.3 Å². The Labute approximate surface area is 92.3 Å². The van der Waals surface area contributed by atoms with Crippen LogP contribution in [-0.2, 0) is 6.42 Å². The molecule has 0 aliphatic rings. The Morgan fingerprint density at radius 1 is 1.50 bits per heavy atom. The molecule has 2 aromatic rings. The standard InChI is InChI=1S/C11H13N3O2/c12-8-1-2-10-9(5-8)7(6-14-10)3-4-13-11(15)16/h1-2,5-6,13-14H,3-4,12H2,(H,15,16). The second-order valence-corrected chi connectivity index (χ2v) is 3.60. The zero-order valence-electron chi connectivity index (χ0n) is 8.66. The van der Waals surface area contributed by atoms with E-state index in [4.69, 9.17) is 10.8 Å². The molecule has 1 aromatic heterocycles. The summed E-state index contributed by atoms with van der Waals surface area (Å²) in [7, 11) is 0. The van der Waals surface area contributed by atoms with Gasteiger partial charge in [0.25, 0.3) is 0 Å². The monoisotopic (exact) mass is 219 g/mol. The molecule has 0 saturated heterocycles. The molecular formula is C11H13N3O2. The van der Waals surface area contributed by atoms with Crippen LogP contribution >= 0.6 is 0 Å². The quantitative estimate of drug-likeness (QED) is 0.590. The van der Waals surface area contributed by atoms with Gasteiger partial charge >= 0.3 is 6.09 Å². The number of carbonyl (C=O) groups is 1. The molecule has 5 heteroatoms. The van der Waals surface area contributed by atoms with Crippen LogP contribution in [0.1, 0.15) is 5.56 Å². The summed E-state index contributed by atoms with van der Waals surface area (Å²) in [6, 6.07) is 5.64. The summed E-state index contributed by atoms with van der Waals surface area (Å²) < 4.78 is 0. The van der Waals surface area contributed by atoms with Gasteiger partial charge in [-0.3, -0.25) is 0 Å². The molecule has 0 spiro atoms. The van der Waals surface area contributed by atoms with Gasteiger partial charge in [-0.1, -0.05) is 0 Å². The van der Waals surface area contributed by atoms with E-state index in [1.54, 1.807) is 0 Å². The maximum absolute atomic E-state index is 10.3. The molecule has 0 unspecified atom stereocenters. The minimum Gasteiger partial charge on any atom is -0.465 e. The molecule has 0 fully saturated rings. The third-order valence-electron chi connectivity index (χ3n) is 2.46. The zero-order valence-corrected chi connectivity index (χ0v) is 8.66. The third kappa shape index (κ3) is 2.08. The van der Waals surface area contributed by atoms with Crippen molar-refractivity contribution in [1.29, 1.82) is 0 Å². The van der Waals surface area contributed by atoms with Gasteiger partial charge in [0.15, 0.2) is 0 Å². The topological polar surface area (TPSA) is 91.1 Å². The van der Waals surface area contributed by atoms with Crippen LogP contribution < -0.4 is 11.1 Å². The Hall–Kier alpha value is -2.17. The molecule has 1 amide bonds. The van der Waals surface area contributed by atoms with Crippen LogP contribution in [0.4, 0.5) is 10.5 Å². The van der Waals surface area contributed by atoms with Gasteiger partial charge in [-0.2, -0.15) is 0 Å². The minimum absolute atomic E-state index is 0.400. The summed E-state index contributed by atoms with van der Waals surface area (Å²) in [6.07, 6.45) is 1.53. The first-order valence-electron chi connectivity index (χ1n) is 4.99. The van der Waals surface area contributed by atoms with E-state index in [1.165, 1.54) is 0 Å². The average Bonchev–Trinajstić information content (AvgIpc) is 2.60. The Kier molecular flexibility index (Phi) is 2.68. The van der Waals surface area contributed by atoms with Crippen LogP contribution in [0.25, 0.3) is 10.9 Å². The number of carboxylic acid groups (broad SMARTS) is 1. The minimum atomic E-state index is -1.00. The number of nitrogens with two attached hydrogens (primary N) is 1. The van der Waals surface area contributed by atoms with Crippen molar-refractivity contribution in [2.45, 2.75) is 6.42 Å². The number of nitrogens with one attached hydrogen (secondary N) is 2. The molecule has 0 radical (unpaired) electrons. The lowest BCUT2D eigenvalue weighted by Gasteiger charge is -2.00. The van der Waals surface area contributed by atoms with E-state index in [0.717, 1.165) is 16.5 Å². The van der Waals surface area contributed by atoms with Crippen LogP contribution in [0.15, 0.2) is 24.4 Å². The van der Waals surface area contributed by atoms with E-state index in [0.29, 0.717) is 18.7 Å². The summed E-state index contributed by atoms with van der Waals surface area (Å²) in [6.45, 7) is 0.400. The van der Waals surface area contributed by atoms with E-state index >= 15 is 0 Å². The number of H-pyrrole nitrogens is 1. The highest BCUT2D eigenvalue weighted by Gasteiger charge is 2.04. The van der Waals surface area contributed by atoms with Crippen LogP contribution in [-0.4, -0.2) is 22.7 Å². The number of benzene rings is 1. The molecule has 0 aliphatic carbocycles. The number of amides is 1. The number of nitrogen functional groups attached to an aromatic ring is 1. The van der Waals surface area contributed by atoms with E-state index in [9.17, 15) is 4.79 Å². The van der Waals surface area contributed by atoms with E-state index in [-0.39, 0.29) is 0 Å². The Morgan fingerprint density at radius 3 is 3.06 bits per heavy atom. The van der Waals surface area contributed by atoms with Crippen molar-refractivity contribution in [3.8, 4) is 0 Å². The molecular weight excluding hydrogens is 206 g/mol. The first kappa shape index (κ1) is 10.4. The summed E-state index contributed by atoms with van der Waals surface area (Å²) in [5, 5.41) is 11.8. The largest absolute Gasteiger partial charge is 0.465 e. The normalized spacial score (nSPS) is 10.5. The Balaban J connectivity index is 2.17. The number of rotatable bonds is 3. The smallest absolute Gasteiger partial charge is 0.404 e. The number of hydrogen-bond acceptors (Lipinski definition) is 2. The summed E-state index contributed by atoms with van der Waals surface area (Å²) >= 11 is 0. The van der Waals surface area contributed by atoms with Gasteiger partial charge in [0.2, 0.25) is 0 Å². The highest BCUT2D eigenvalue weighted by atomic mass is 16.4. The van der Waals surface area contributed by atoms with Crippen LogP contribution in [0.2, 0.25) is 0 Å². The fourth-order valence-electron chi connectivity index (χ4n) is 1.71. The van der Waals surface area contributed by atoms with Gasteiger partial charge < -0.3 is 21.1 Å². The number of aromatic nitrogens is 1.